The molecule has 0 aliphatic carbocycles. The van der Waals surface area contributed by atoms with Crippen molar-refractivity contribution in [2.75, 3.05) is 13.1 Å². The summed E-state index contributed by atoms with van der Waals surface area (Å²) in [5.41, 5.74) is 1.06. The molecule has 3 aliphatic rings. The smallest absolute Gasteiger partial charge is 0.328 e. The number of imide groups is 1. The third-order valence-corrected chi connectivity index (χ3v) is 5.02. The lowest BCUT2D eigenvalue weighted by atomic mass is 10.1. The van der Waals surface area contributed by atoms with Gasteiger partial charge in [-0.3, -0.25) is 9.59 Å². The zero-order chi connectivity index (χ0) is 16.0. The van der Waals surface area contributed by atoms with Gasteiger partial charge in [-0.05, 0) is 24.8 Å². The third-order valence-electron chi connectivity index (χ3n) is 5.02. The van der Waals surface area contributed by atoms with Crippen LogP contribution in [-0.2, 0) is 16.1 Å². The van der Waals surface area contributed by atoms with Crippen LogP contribution in [0.2, 0.25) is 0 Å². The van der Waals surface area contributed by atoms with Crippen LogP contribution in [0.3, 0.4) is 0 Å². The molecule has 23 heavy (non-hydrogen) atoms. The molecule has 4 rings (SSSR count). The predicted molar refractivity (Wildman–Crippen MR) is 82.2 cm³/mol. The Labute approximate surface area is 134 Å². The van der Waals surface area contributed by atoms with Gasteiger partial charge in [-0.25, -0.2) is 9.69 Å². The first kappa shape index (κ1) is 14.2. The van der Waals surface area contributed by atoms with Gasteiger partial charge in [0.1, 0.15) is 12.1 Å². The highest BCUT2D eigenvalue weighted by Crippen LogP contribution is 2.31. The second-order valence-electron chi connectivity index (χ2n) is 6.39. The second kappa shape index (κ2) is 5.37. The van der Waals surface area contributed by atoms with E-state index in [0.29, 0.717) is 26.1 Å². The van der Waals surface area contributed by atoms with Gasteiger partial charge in [-0.15, -0.1) is 0 Å². The minimum absolute atomic E-state index is 0.114. The second-order valence-corrected chi connectivity index (χ2v) is 6.39. The van der Waals surface area contributed by atoms with Crippen LogP contribution in [-0.4, -0.2) is 57.7 Å². The number of urea groups is 1. The van der Waals surface area contributed by atoms with Crippen LogP contribution in [0.1, 0.15) is 24.8 Å². The summed E-state index contributed by atoms with van der Waals surface area (Å²) in [6.07, 6.45) is 2.12. The molecule has 3 fully saturated rings. The van der Waals surface area contributed by atoms with Crippen LogP contribution >= 0.6 is 0 Å². The van der Waals surface area contributed by atoms with Crippen LogP contribution in [0.5, 0.6) is 0 Å². The van der Waals surface area contributed by atoms with Crippen molar-refractivity contribution >= 4 is 17.8 Å². The molecule has 0 spiro atoms. The highest BCUT2D eigenvalue weighted by atomic mass is 16.2. The van der Waals surface area contributed by atoms with Crippen molar-refractivity contribution in [2.45, 2.75) is 37.9 Å². The summed E-state index contributed by atoms with van der Waals surface area (Å²) < 4.78 is 0. The van der Waals surface area contributed by atoms with Crippen LogP contribution in [0.15, 0.2) is 30.3 Å². The molecule has 1 aromatic carbocycles. The van der Waals surface area contributed by atoms with Crippen LogP contribution in [0, 0.1) is 0 Å². The highest BCUT2D eigenvalue weighted by molar-refractivity contribution is 6.08. The van der Waals surface area contributed by atoms with Crippen molar-refractivity contribution in [2.24, 2.45) is 0 Å². The maximum Gasteiger partial charge on any atom is 0.328 e. The van der Waals surface area contributed by atoms with Crippen LogP contribution in [0.4, 0.5) is 4.79 Å². The molecule has 3 aliphatic heterocycles. The molecule has 0 aromatic heterocycles. The molecule has 6 heteroatoms. The monoisotopic (exact) mass is 313 g/mol. The fraction of sp³-hybridized carbons (Fsp3) is 0.471. The van der Waals surface area contributed by atoms with E-state index in [-0.39, 0.29) is 23.9 Å². The Morgan fingerprint density at radius 2 is 1.70 bits per heavy atom. The number of amides is 4. The number of carbonyl (C=O) groups excluding carboxylic acids is 3. The molecule has 1 aromatic rings. The Balaban J connectivity index is 1.50. The normalized spacial score (nSPS) is 27.3. The van der Waals surface area contributed by atoms with Gasteiger partial charge < -0.3 is 9.80 Å². The molecular weight excluding hydrogens is 294 g/mol. The van der Waals surface area contributed by atoms with E-state index >= 15 is 0 Å². The Morgan fingerprint density at radius 3 is 2.43 bits per heavy atom. The number of hydrogen-bond acceptors (Lipinski definition) is 3. The van der Waals surface area contributed by atoms with Crippen molar-refractivity contribution in [3.8, 4) is 0 Å². The third kappa shape index (κ3) is 2.20. The average molecular weight is 313 g/mol. The maximum absolute atomic E-state index is 12.7. The van der Waals surface area contributed by atoms with Crippen molar-refractivity contribution < 1.29 is 14.4 Å². The van der Waals surface area contributed by atoms with E-state index in [1.807, 2.05) is 30.3 Å². The Morgan fingerprint density at radius 1 is 0.913 bits per heavy atom. The fourth-order valence-corrected chi connectivity index (χ4v) is 3.86. The van der Waals surface area contributed by atoms with E-state index in [2.05, 4.69) is 0 Å². The molecular formula is C17H19N3O3. The first-order valence-corrected chi connectivity index (χ1v) is 8.13. The van der Waals surface area contributed by atoms with E-state index in [9.17, 15) is 14.4 Å². The van der Waals surface area contributed by atoms with Crippen molar-refractivity contribution in [1.82, 2.24) is 14.7 Å². The summed E-state index contributed by atoms with van der Waals surface area (Å²) in [6.45, 7) is 1.74. The first-order chi connectivity index (χ1) is 11.2. The topological polar surface area (TPSA) is 60.9 Å². The molecule has 2 atom stereocenters. The Bertz CT molecular complexity index is 638. The van der Waals surface area contributed by atoms with Gasteiger partial charge in [0.05, 0.1) is 0 Å². The SMILES string of the molecule is O=C1C(N2C(=O)C3CCCN3C2=O)CCN1Cc1ccccc1. The summed E-state index contributed by atoms with van der Waals surface area (Å²) in [5, 5.41) is 0. The molecule has 0 saturated carbocycles. The Hall–Kier alpha value is -2.37. The van der Waals surface area contributed by atoms with Gasteiger partial charge >= 0.3 is 6.03 Å². The molecule has 0 bridgehead atoms. The largest absolute Gasteiger partial charge is 0.336 e. The van der Waals surface area contributed by atoms with Gasteiger partial charge in [0, 0.05) is 19.6 Å². The number of likely N-dealkylation sites (tertiary alicyclic amines) is 1. The van der Waals surface area contributed by atoms with Gasteiger partial charge in [0.25, 0.3) is 5.91 Å². The summed E-state index contributed by atoms with van der Waals surface area (Å²) in [7, 11) is 0. The van der Waals surface area contributed by atoms with Gasteiger partial charge in [0.2, 0.25) is 5.91 Å². The van der Waals surface area contributed by atoms with Crippen molar-refractivity contribution in [1.29, 1.82) is 0 Å². The zero-order valence-corrected chi connectivity index (χ0v) is 12.9. The number of hydrogen-bond donors (Lipinski definition) is 0. The molecule has 0 radical (unpaired) electrons. The standard InChI is InChI=1S/C17H19N3O3/c21-15-14(8-10-18(15)11-12-5-2-1-3-6-12)20-16(22)13-7-4-9-19(13)17(20)23/h1-3,5-6,13-14H,4,7-11H2. The lowest BCUT2D eigenvalue weighted by molar-refractivity contribution is -0.138. The predicted octanol–water partition coefficient (Wildman–Crippen LogP) is 1.21. The van der Waals surface area contributed by atoms with E-state index < -0.39 is 6.04 Å². The molecule has 3 heterocycles. The van der Waals surface area contributed by atoms with Crippen molar-refractivity contribution in [3.05, 3.63) is 35.9 Å². The van der Waals surface area contributed by atoms with E-state index in [4.69, 9.17) is 0 Å². The summed E-state index contributed by atoms with van der Waals surface area (Å²) >= 11 is 0. The number of carbonyl (C=O) groups is 3. The molecule has 3 saturated heterocycles. The minimum Gasteiger partial charge on any atom is -0.336 e. The fourth-order valence-electron chi connectivity index (χ4n) is 3.86. The summed E-state index contributed by atoms with van der Waals surface area (Å²) in [6, 6.07) is 8.53. The molecule has 120 valence electrons. The summed E-state index contributed by atoms with van der Waals surface area (Å²) in [4.78, 5) is 42.2. The van der Waals surface area contributed by atoms with Gasteiger partial charge in [-0.1, -0.05) is 30.3 Å². The molecule has 0 N–H and O–H groups in total. The average Bonchev–Trinajstić information content (AvgIpc) is 3.22. The first-order valence-electron chi connectivity index (χ1n) is 8.13. The van der Waals surface area contributed by atoms with Crippen molar-refractivity contribution in [3.63, 3.8) is 0 Å². The van der Waals surface area contributed by atoms with Gasteiger partial charge in [-0.2, -0.15) is 0 Å². The number of fused-ring (bicyclic) bond motifs is 1. The molecule has 4 amide bonds. The molecule has 2 unspecified atom stereocenters. The van der Waals surface area contributed by atoms with Crippen LogP contribution < -0.4 is 0 Å². The number of nitrogens with zero attached hydrogens (tertiary/aromatic N) is 3. The maximum atomic E-state index is 12.7. The van der Waals surface area contributed by atoms with Crippen LogP contribution in [0.25, 0.3) is 0 Å². The molecule has 6 nitrogen and oxygen atoms in total. The quantitative estimate of drug-likeness (QED) is 0.788. The highest BCUT2D eigenvalue weighted by Gasteiger charge is 2.53. The lowest BCUT2D eigenvalue weighted by Crippen LogP contribution is -2.46. The Kier molecular flexibility index (Phi) is 3.32. The number of benzene rings is 1. The number of rotatable bonds is 3. The van der Waals surface area contributed by atoms with E-state index in [0.717, 1.165) is 18.4 Å². The lowest BCUT2D eigenvalue weighted by Gasteiger charge is -2.22. The van der Waals surface area contributed by atoms with E-state index in [1.54, 1.807) is 9.80 Å². The van der Waals surface area contributed by atoms with Gasteiger partial charge in [0.15, 0.2) is 0 Å². The van der Waals surface area contributed by atoms with E-state index in [1.165, 1.54) is 4.90 Å². The minimum atomic E-state index is -0.621. The summed E-state index contributed by atoms with van der Waals surface area (Å²) in [5.74, 6) is -0.302. The zero-order valence-electron chi connectivity index (χ0n) is 12.9.